The molecule has 14 N–H and O–H groups in total. The molecule has 0 aromatic heterocycles. The number of aliphatic hydroxyl groups is 11. The van der Waals surface area contributed by atoms with E-state index in [1.165, 1.54) is 276 Å². The van der Waals surface area contributed by atoms with Crippen molar-refractivity contribution < 1.29 is 104 Å². The fourth-order valence-electron chi connectivity index (χ4n) is 15.4. The van der Waals surface area contributed by atoms with Gasteiger partial charge >= 0.3 is 5.97 Å². The molecule has 3 heterocycles. The van der Waals surface area contributed by atoms with Gasteiger partial charge in [0.05, 0.1) is 50.7 Å². The van der Waals surface area contributed by atoms with Crippen LogP contribution in [-0.4, -0.2) is 215 Å². The van der Waals surface area contributed by atoms with Gasteiger partial charge < -0.3 is 100 Å². The number of carboxylic acids is 1. The Morgan fingerprint density at radius 2 is 0.869 bits per heavy atom. The molecule has 23 nitrogen and oxygen atoms in total. The third-order valence-electron chi connectivity index (χ3n) is 22.2. The minimum Gasteiger partial charge on any atom is -0.477 e. The molecule has 3 rings (SSSR count). The van der Waals surface area contributed by atoms with Crippen LogP contribution in [-0.2, 0) is 42.8 Å². The predicted octanol–water partition coefficient (Wildman–Crippen LogP) is 12.9. The molecule has 3 fully saturated rings. The summed E-state index contributed by atoms with van der Waals surface area (Å²) in [5, 5.41) is 137. The summed E-state index contributed by atoms with van der Waals surface area (Å²) >= 11 is 0. The molecule has 2 amide bonds. The number of hydrogen-bond acceptors (Lipinski definition) is 20. The molecule has 0 aromatic carbocycles. The van der Waals surface area contributed by atoms with E-state index in [2.05, 4.69) is 24.5 Å². The quantitative estimate of drug-likeness (QED) is 0.0199. The van der Waals surface area contributed by atoms with Crippen LogP contribution in [0.2, 0.25) is 0 Å². The van der Waals surface area contributed by atoms with Crippen molar-refractivity contribution in [2.75, 3.05) is 26.4 Å². The monoisotopic (exact) mass is 1530 g/mol. The van der Waals surface area contributed by atoms with Crippen molar-refractivity contribution in [3.05, 3.63) is 12.2 Å². The van der Waals surface area contributed by atoms with Gasteiger partial charge in [0.15, 0.2) is 12.6 Å². The first-order chi connectivity index (χ1) is 51.9. The molecule has 630 valence electrons. The number of hydrogen-bond donors (Lipinski definition) is 14. The summed E-state index contributed by atoms with van der Waals surface area (Å²) in [7, 11) is 0. The highest BCUT2D eigenvalue weighted by molar-refractivity contribution is 5.77. The second kappa shape index (κ2) is 62.9. The predicted molar refractivity (Wildman–Crippen MR) is 417 cm³/mol. The van der Waals surface area contributed by atoms with Gasteiger partial charge in [0.1, 0.15) is 67.1 Å². The minimum atomic E-state index is -3.08. The highest BCUT2D eigenvalue weighted by Gasteiger charge is 2.60. The van der Waals surface area contributed by atoms with E-state index in [0.717, 1.165) is 51.9 Å². The molecular formula is C84H158N2O21. The third-order valence-corrected chi connectivity index (χ3v) is 22.2. The highest BCUT2D eigenvalue weighted by Crippen LogP contribution is 2.39. The molecule has 0 saturated carbocycles. The van der Waals surface area contributed by atoms with Crippen molar-refractivity contribution in [3.63, 3.8) is 0 Å². The van der Waals surface area contributed by atoms with E-state index >= 15 is 0 Å². The Hall–Kier alpha value is -2.53. The van der Waals surface area contributed by atoms with Gasteiger partial charge in [0, 0.05) is 19.8 Å². The largest absolute Gasteiger partial charge is 0.477 e. The van der Waals surface area contributed by atoms with E-state index in [0.29, 0.717) is 12.8 Å². The molecule has 3 aliphatic heterocycles. The Balaban J connectivity index is 1.48. The van der Waals surface area contributed by atoms with E-state index in [-0.39, 0.29) is 12.3 Å². The Bertz CT molecular complexity index is 2170. The molecular weight excluding hydrogens is 1370 g/mol. The maximum Gasteiger partial charge on any atom is 0.364 e. The molecule has 0 aromatic rings. The zero-order chi connectivity index (χ0) is 78.1. The van der Waals surface area contributed by atoms with Crippen LogP contribution >= 0.6 is 0 Å². The molecule has 0 aliphatic carbocycles. The van der Waals surface area contributed by atoms with E-state index in [4.69, 9.17) is 28.4 Å². The molecule has 0 spiro atoms. The highest BCUT2D eigenvalue weighted by atomic mass is 16.8. The summed E-state index contributed by atoms with van der Waals surface area (Å²) in [5.74, 6) is -6.13. The first-order valence-corrected chi connectivity index (χ1v) is 43.6. The average Bonchev–Trinajstić information content (AvgIpc) is 0.754. The lowest BCUT2D eigenvalue weighted by Crippen LogP contribution is -2.70. The summed E-state index contributed by atoms with van der Waals surface area (Å²) in [6, 6.07) is -2.62. The topological polar surface area (TPSA) is 373 Å². The number of rotatable bonds is 70. The van der Waals surface area contributed by atoms with Gasteiger partial charge in [-0.15, -0.1) is 0 Å². The number of ether oxygens (including phenoxy) is 6. The van der Waals surface area contributed by atoms with E-state index in [9.17, 15) is 75.7 Å². The lowest BCUT2D eigenvalue weighted by atomic mass is 9.88. The number of allylic oxidation sites excluding steroid dienone is 1. The number of aliphatic hydroxyl groups excluding tert-OH is 11. The van der Waals surface area contributed by atoms with Gasteiger partial charge in [-0.3, -0.25) is 9.59 Å². The number of aliphatic carboxylic acids is 1. The third kappa shape index (κ3) is 42.4. The van der Waals surface area contributed by atoms with E-state index in [1.54, 1.807) is 6.08 Å². The summed E-state index contributed by atoms with van der Waals surface area (Å²) in [6.07, 6.45) is 41.1. The van der Waals surface area contributed by atoms with Gasteiger partial charge in [-0.05, 0) is 19.3 Å². The number of unbranched alkanes of at least 4 members (excludes halogenated alkanes) is 50. The second-order valence-electron chi connectivity index (χ2n) is 31.8. The van der Waals surface area contributed by atoms with Crippen LogP contribution in [0.1, 0.15) is 367 Å². The molecule has 3 saturated heterocycles. The number of carbonyl (C=O) groups excluding carboxylic acids is 2. The Morgan fingerprint density at radius 1 is 0.486 bits per heavy atom. The zero-order valence-corrected chi connectivity index (χ0v) is 67.0. The Morgan fingerprint density at radius 3 is 1.24 bits per heavy atom. The van der Waals surface area contributed by atoms with Crippen molar-refractivity contribution in [1.82, 2.24) is 10.6 Å². The van der Waals surface area contributed by atoms with Crippen molar-refractivity contribution in [2.24, 2.45) is 0 Å². The van der Waals surface area contributed by atoms with Gasteiger partial charge in [-0.2, -0.15) is 0 Å². The van der Waals surface area contributed by atoms with Crippen molar-refractivity contribution >= 4 is 17.8 Å². The second-order valence-corrected chi connectivity index (χ2v) is 31.8. The number of carboxylic acid groups (broad SMARTS) is 1. The molecule has 0 bridgehead atoms. The Labute approximate surface area is 645 Å². The van der Waals surface area contributed by atoms with Crippen LogP contribution in [0.3, 0.4) is 0 Å². The summed E-state index contributed by atoms with van der Waals surface area (Å²) in [4.78, 5) is 38.8. The first-order valence-electron chi connectivity index (χ1n) is 43.6. The summed E-state index contributed by atoms with van der Waals surface area (Å²) in [5.41, 5.74) is 0. The van der Waals surface area contributed by atoms with Gasteiger partial charge in [-0.25, -0.2) is 4.79 Å². The molecule has 107 heavy (non-hydrogen) atoms. The maximum atomic E-state index is 13.6. The van der Waals surface area contributed by atoms with Crippen molar-refractivity contribution in [3.8, 4) is 0 Å². The molecule has 18 unspecified atom stereocenters. The summed E-state index contributed by atoms with van der Waals surface area (Å²) < 4.78 is 35.0. The van der Waals surface area contributed by atoms with Gasteiger partial charge in [0.2, 0.25) is 11.8 Å². The van der Waals surface area contributed by atoms with Crippen LogP contribution in [0.25, 0.3) is 0 Å². The van der Waals surface area contributed by atoms with E-state index < -0.39 is 155 Å². The minimum absolute atomic E-state index is 0.206. The average molecular weight is 1530 g/mol. The fraction of sp³-hybridized carbons (Fsp3) is 0.940. The molecule has 3 aliphatic rings. The lowest BCUT2D eigenvalue weighted by Gasteiger charge is -2.50. The first kappa shape index (κ1) is 98.7. The Kier molecular flexibility index (Phi) is 58.0. The number of amides is 2. The van der Waals surface area contributed by atoms with Gasteiger partial charge in [0.25, 0.3) is 5.79 Å². The standard InChI is InChI=1S/C84H158N2O21/c1-4-6-8-10-12-14-16-18-20-22-24-26-28-29-30-31-32-33-34-36-38-40-42-44-46-48-50-52-54-56-58-71(94)86-65(66(91)57-55-53-51-49-47-45-43-41-39-37-35-27-25-23-21-19-17-15-13-11-9-7-5-2)63-102-81-76(98)75(97)78(70(62-89)104-81)105-82-77(99)80(74(96)69(61-88)103-82)107-84(83(100)101)59-67(92)72(85-64(3)90)79(106-84)73(95)68(93)60-87/h55,57,65-70,72-82,87-89,91-93,95-99H,4-54,56,58-63H2,1-3H3,(H,85,90)(H,86,94)(H,100,101)/b57-55+. The summed E-state index contributed by atoms with van der Waals surface area (Å²) in [6.45, 7) is 2.22. The van der Waals surface area contributed by atoms with Crippen LogP contribution in [0, 0.1) is 0 Å². The number of carbonyl (C=O) groups is 3. The van der Waals surface area contributed by atoms with Crippen LogP contribution < -0.4 is 10.6 Å². The molecule has 23 heteroatoms. The number of nitrogens with one attached hydrogen (secondary N) is 2. The normalized spacial score (nSPS) is 26.0. The fourth-order valence-corrected chi connectivity index (χ4v) is 15.4. The van der Waals surface area contributed by atoms with Crippen LogP contribution in [0.4, 0.5) is 0 Å². The zero-order valence-electron chi connectivity index (χ0n) is 67.0. The van der Waals surface area contributed by atoms with Crippen LogP contribution in [0.5, 0.6) is 0 Å². The van der Waals surface area contributed by atoms with E-state index in [1.807, 2.05) is 6.08 Å². The van der Waals surface area contributed by atoms with Crippen molar-refractivity contribution in [2.45, 2.75) is 477 Å². The van der Waals surface area contributed by atoms with Crippen LogP contribution in [0.15, 0.2) is 12.2 Å². The molecule has 0 radical (unpaired) electrons. The lowest BCUT2D eigenvalue weighted by molar-refractivity contribution is -0.386. The van der Waals surface area contributed by atoms with Gasteiger partial charge in [-0.1, -0.05) is 341 Å². The maximum absolute atomic E-state index is 13.6. The smallest absolute Gasteiger partial charge is 0.364 e. The van der Waals surface area contributed by atoms with Crippen molar-refractivity contribution in [1.29, 1.82) is 0 Å². The SMILES string of the molecule is CCCCCCCCCCCCCCCCCCCCCCC/C=C/C(O)C(COC1OC(CO)C(OC2OC(CO)C(O)C(OC3(C(=O)O)CC(O)C(NC(C)=O)C(C(O)C(O)CO)O3)C2O)C(O)C1O)NC(=O)CCCCCCCCCCCCCCCCCCCCCCCCCCCCCCCC. The molecule has 18 atom stereocenters.